The number of fused-ring (bicyclic) bond motifs is 3. The minimum atomic E-state index is -0.655. The monoisotopic (exact) mass is 334 g/mol. The topological polar surface area (TPSA) is 60.4 Å². The molecule has 25 heavy (non-hydrogen) atoms. The summed E-state index contributed by atoms with van der Waals surface area (Å²) < 4.78 is 5.16. The van der Waals surface area contributed by atoms with E-state index in [1.54, 1.807) is 38.1 Å². The van der Waals surface area contributed by atoms with Crippen molar-refractivity contribution in [3.05, 3.63) is 64.7 Å². The van der Waals surface area contributed by atoms with E-state index in [9.17, 15) is 14.4 Å². The SMILES string of the molecule is CC(=O)C(=Cc1cccc2c1-c1ccccc1C2=O)C(=O)OC(C)C. The first kappa shape index (κ1) is 16.8. The first-order chi connectivity index (χ1) is 11.9. The molecule has 1 aliphatic carbocycles. The molecule has 0 unspecified atom stereocenters. The molecule has 1 aliphatic rings. The summed E-state index contributed by atoms with van der Waals surface area (Å²) in [5.74, 6) is -1.08. The van der Waals surface area contributed by atoms with E-state index >= 15 is 0 Å². The number of carbonyl (C=O) groups excluding carboxylic acids is 3. The highest BCUT2D eigenvalue weighted by molar-refractivity contribution is 6.24. The standard InChI is InChI=1S/C21H18O4/c1-12(2)25-21(24)18(13(3)22)11-14-7-6-10-17-19(14)15-8-4-5-9-16(15)20(17)23/h4-12H,1-3H3. The van der Waals surface area contributed by atoms with Gasteiger partial charge < -0.3 is 4.74 Å². The summed E-state index contributed by atoms with van der Waals surface area (Å²) in [6.45, 7) is 4.78. The number of Topliss-reactive ketones (excluding diaryl/α,β-unsaturated/α-hetero) is 1. The molecule has 0 amide bonds. The number of hydrogen-bond acceptors (Lipinski definition) is 4. The second kappa shape index (κ2) is 6.48. The van der Waals surface area contributed by atoms with E-state index in [-0.39, 0.29) is 23.2 Å². The zero-order chi connectivity index (χ0) is 18.1. The van der Waals surface area contributed by atoms with Gasteiger partial charge in [0.15, 0.2) is 11.6 Å². The largest absolute Gasteiger partial charge is 0.459 e. The number of ether oxygens (including phenoxy) is 1. The summed E-state index contributed by atoms with van der Waals surface area (Å²) in [6, 6.07) is 12.6. The van der Waals surface area contributed by atoms with Crippen LogP contribution in [0, 0.1) is 0 Å². The molecule has 0 atom stereocenters. The first-order valence-electron chi connectivity index (χ1n) is 8.11. The van der Waals surface area contributed by atoms with Gasteiger partial charge in [-0.3, -0.25) is 9.59 Å². The lowest BCUT2D eigenvalue weighted by Crippen LogP contribution is -2.17. The van der Waals surface area contributed by atoms with Gasteiger partial charge in [-0.15, -0.1) is 0 Å². The summed E-state index contributed by atoms with van der Waals surface area (Å²) in [4.78, 5) is 36.7. The summed E-state index contributed by atoms with van der Waals surface area (Å²) in [7, 11) is 0. The van der Waals surface area contributed by atoms with Crippen molar-refractivity contribution in [1.82, 2.24) is 0 Å². The molecule has 0 saturated heterocycles. The predicted molar refractivity (Wildman–Crippen MR) is 95.2 cm³/mol. The van der Waals surface area contributed by atoms with Gasteiger partial charge in [-0.25, -0.2) is 4.79 Å². The maximum atomic E-state index is 12.6. The van der Waals surface area contributed by atoms with Crippen molar-refractivity contribution in [3.63, 3.8) is 0 Å². The average Bonchev–Trinajstić information content (AvgIpc) is 2.86. The third-order valence-electron chi connectivity index (χ3n) is 4.02. The zero-order valence-corrected chi connectivity index (χ0v) is 14.3. The fourth-order valence-corrected chi connectivity index (χ4v) is 2.96. The summed E-state index contributed by atoms with van der Waals surface area (Å²) >= 11 is 0. The Morgan fingerprint density at radius 3 is 2.24 bits per heavy atom. The Morgan fingerprint density at radius 1 is 0.960 bits per heavy atom. The maximum absolute atomic E-state index is 12.6. The van der Waals surface area contributed by atoms with Gasteiger partial charge >= 0.3 is 5.97 Å². The molecule has 2 aromatic rings. The lowest BCUT2D eigenvalue weighted by molar-refractivity contribution is -0.143. The first-order valence-corrected chi connectivity index (χ1v) is 8.11. The minimum Gasteiger partial charge on any atom is -0.459 e. The van der Waals surface area contributed by atoms with Crippen molar-refractivity contribution in [2.45, 2.75) is 26.9 Å². The molecule has 3 rings (SSSR count). The number of hydrogen-bond donors (Lipinski definition) is 0. The van der Waals surface area contributed by atoms with Gasteiger partial charge in [0.1, 0.15) is 5.57 Å². The van der Waals surface area contributed by atoms with Gasteiger partial charge in [0.05, 0.1) is 6.10 Å². The number of rotatable bonds is 4. The fourth-order valence-electron chi connectivity index (χ4n) is 2.96. The lowest BCUT2D eigenvalue weighted by atomic mass is 9.97. The van der Waals surface area contributed by atoms with Crippen molar-refractivity contribution >= 4 is 23.6 Å². The van der Waals surface area contributed by atoms with Crippen molar-refractivity contribution in [2.24, 2.45) is 0 Å². The van der Waals surface area contributed by atoms with Gasteiger partial charge in [-0.2, -0.15) is 0 Å². The molecule has 0 N–H and O–H groups in total. The summed E-state index contributed by atoms with van der Waals surface area (Å²) in [5.41, 5.74) is 3.40. The van der Waals surface area contributed by atoms with Crippen LogP contribution < -0.4 is 0 Å². The maximum Gasteiger partial charge on any atom is 0.342 e. The van der Waals surface area contributed by atoms with E-state index in [0.717, 1.165) is 11.1 Å². The van der Waals surface area contributed by atoms with E-state index in [4.69, 9.17) is 4.74 Å². The molecule has 4 heteroatoms. The van der Waals surface area contributed by atoms with Crippen LogP contribution >= 0.6 is 0 Å². The highest BCUT2D eigenvalue weighted by Gasteiger charge is 2.28. The Kier molecular flexibility index (Phi) is 4.36. The summed E-state index contributed by atoms with van der Waals surface area (Å²) in [5, 5.41) is 0. The number of esters is 1. The molecule has 0 aliphatic heterocycles. The van der Waals surface area contributed by atoms with E-state index in [2.05, 4.69) is 0 Å². The van der Waals surface area contributed by atoms with Crippen LogP contribution in [0.2, 0.25) is 0 Å². The van der Waals surface area contributed by atoms with Crippen LogP contribution in [0.3, 0.4) is 0 Å². The van der Waals surface area contributed by atoms with Gasteiger partial charge in [0.25, 0.3) is 0 Å². The number of ketones is 2. The molecule has 0 bridgehead atoms. The molecule has 2 aromatic carbocycles. The second-order valence-electron chi connectivity index (χ2n) is 6.21. The Labute approximate surface area is 146 Å². The van der Waals surface area contributed by atoms with Crippen molar-refractivity contribution < 1.29 is 19.1 Å². The van der Waals surface area contributed by atoms with Gasteiger partial charge in [0, 0.05) is 16.7 Å². The normalized spacial score (nSPS) is 12.8. The van der Waals surface area contributed by atoms with Gasteiger partial charge in [-0.05, 0) is 38.0 Å². The van der Waals surface area contributed by atoms with Crippen molar-refractivity contribution in [1.29, 1.82) is 0 Å². The highest BCUT2D eigenvalue weighted by Crippen LogP contribution is 2.39. The lowest BCUT2D eigenvalue weighted by Gasteiger charge is -2.10. The van der Waals surface area contributed by atoms with Gasteiger partial charge in [-0.1, -0.05) is 42.5 Å². The van der Waals surface area contributed by atoms with Crippen LogP contribution in [0.25, 0.3) is 17.2 Å². The Bertz CT molecular complexity index is 919. The molecule has 0 spiro atoms. The van der Waals surface area contributed by atoms with Crippen molar-refractivity contribution in [2.75, 3.05) is 0 Å². The molecular formula is C21H18O4. The molecule has 0 saturated carbocycles. The fraction of sp³-hybridized carbons (Fsp3) is 0.190. The minimum absolute atomic E-state index is 0.0288. The van der Waals surface area contributed by atoms with Crippen LogP contribution in [-0.2, 0) is 14.3 Å². The number of benzene rings is 2. The quantitative estimate of drug-likeness (QED) is 0.315. The van der Waals surface area contributed by atoms with Crippen LogP contribution in [0.4, 0.5) is 0 Å². The molecule has 0 heterocycles. The van der Waals surface area contributed by atoms with Crippen LogP contribution in [0.15, 0.2) is 48.0 Å². The molecule has 4 nitrogen and oxygen atoms in total. The smallest absolute Gasteiger partial charge is 0.342 e. The van der Waals surface area contributed by atoms with E-state index in [0.29, 0.717) is 16.7 Å². The third kappa shape index (κ3) is 3.03. The zero-order valence-electron chi connectivity index (χ0n) is 14.3. The Morgan fingerprint density at radius 2 is 1.60 bits per heavy atom. The summed E-state index contributed by atoms with van der Waals surface area (Å²) in [6.07, 6.45) is 1.19. The predicted octanol–water partition coefficient (Wildman–Crippen LogP) is 3.82. The van der Waals surface area contributed by atoms with Crippen molar-refractivity contribution in [3.8, 4) is 11.1 Å². The second-order valence-corrected chi connectivity index (χ2v) is 6.21. The molecule has 0 fully saturated rings. The van der Waals surface area contributed by atoms with Crippen LogP contribution in [-0.4, -0.2) is 23.6 Å². The molecular weight excluding hydrogens is 316 g/mol. The Hall–Kier alpha value is -3.01. The number of carbonyl (C=O) groups is 3. The van der Waals surface area contributed by atoms with E-state index < -0.39 is 5.97 Å². The molecule has 0 radical (unpaired) electrons. The van der Waals surface area contributed by atoms with E-state index in [1.165, 1.54) is 13.0 Å². The van der Waals surface area contributed by atoms with Crippen LogP contribution in [0.5, 0.6) is 0 Å². The third-order valence-corrected chi connectivity index (χ3v) is 4.02. The molecule has 0 aromatic heterocycles. The molecule has 126 valence electrons. The Balaban J connectivity index is 2.16. The average molecular weight is 334 g/mol. The van der Waals surface area contributed by atoms with Crippen LogP contribution in [0.1, 0.15) is 42.3 Å². The van der Waals surface area contributed by atoms with Gasteiger partial charge in [0.2, 0.25) is 0 Å². The van der Waals surface area contributed by atoms with E-state index in [1.807, 2.05) is 18.2 Å². The highest BCUT2D eigenvalue weighted by atomic mass is 16.5.